The Morgan fingerprint density at radius 1 is 1.65 bits per heavy atom. The Kier molecular flexibility index (Phi) is 3.02. The van der Waals surface area contributed by atoms with Crippen molar-refractivity contribution < 1.29 is 14.6 Å². The Labute approximate surface area is 100 Å². The number of anilines is 1. The third-order valence-electron chi connectivity index (χ3n) is 2.93. The van der Waals surface area contributed by atoms with Gasteiger partial charge in [-0.05, 0) is 25.5 Å². The van der Waals surface area contributed by atoms with Gasteiger partial charge in [-0.1, -0.05) is 0 Å². The van der Waals surface area contributed by atoms with Crippen molar-refractivity contribution in [3.8, 4) is 0 Å². The van der Waals surface area contributed by atoms with E-state index < -0.39 is 5.97 Å². The molecule has 1 aromatic heterocycles. The highest BCUT2D eigenvalue weighted by molar-refractivity contribution is 5.68. The number of aryl methyl sites for hydroxylation is 1. The first-order chi connectivity index (χ1) is 8.00. The fourth-order valence-corrected chi connectivity index (χ4v) is 2.08. The van der Waals surface area contributed by atoms with E-state index in [1.165, 1.54) is 0 Å². The Hall–Kier alpha value is -1.62. The fourth-order valence-electron chi connectivity index (χ4n) is 2.08. The molecule has 2 heterocycles. The predicted molar refractivity (Wildman–Crippen MR) is 63.2 cm³/mol. The zero-order chi connectivity index (χ0) is 12.5. The molecule has 92 valence electrons. The van der Waals surface area contributed by atoms with Crippen LogP contribution in [-0.2, 0) is 9.53 Å². The molecule has 0 saturated carbocycles. The van der Waals surface area contributed by atoms with Crippen LogP contribution in [0.1, 0.15) is 12.5 Å². The molecule has 0 bridgehead atoms. The first-order valence-electron chi connectivity index (χ1n) is 5.51. The van der Waals surface area contributed by atoms with Gasteiger partial charge in [0.1, 0.15) is 12.2 Å². The van der Waals surface area contributed by atoms with Crippen LogP contribution in [-0.4, -0.2) is 41.4 Å². The predicted octanol–water partition coefficient (Wildman–Crippen LogP) is 1.07. The highest BCUT2D eigenvalue weighted by atomic mass is 16.5. The van der Waals surface area contributed by atoms with E-state index >= 15 is 0 Å². The van der Waals surface area contributed by atoms with Gasteiger partial charge in [0, 0.05) is 31.2 Å². The number of hydrogen-bond donors (Lipinski definition) is 1. The Balaban J connectivity index is 1.94. The van der Waals surface area contributed by atoms with Crippen LogP contribution in [0.15, 0.2) is 18.5 Å². The number of aromatic nitrogens is 1. The van der Waals surface area contributed by atoms with Gasteiger partial charge in [0.15, 0.2) is 0 Å². The summed E-state index contributed by atoms with van der Waals surface area (Å²) in [5, 5.41) is 8.58. The molecule has 1 N–H and O–H groups in total. The maximum absolute atomic E-state index is 10.4. The minimum atomic E-state index is -0.926. The number of aliphatic carboxylic acids is 1. The van der Waals surface area contributed by atoms with E-state index in [0.29, 0.717) is 13.1 Å². The standard InChI is InChI=1S/C12H16N2O3/c1-9-5-13-4-3-10(9)14-7-12(2,8-14)17-6-11(15)16/h3-5H,6-8H2,1-2H3,(H,15,16). The second-order valence-corrected chi connectivity index (χ2v) is 4.65. The van der Waals surface area contributed by atoms with Gasteiger partial charge in [0.05, 0.1) is 0 Å². The minimum Gasteiger partial charge on any atom is -0.480 e. The number of nitrogens with zero attached hydrogens (tertiary/aromatic N) is 2. The van der Waals surface area contributed by atoms with Crippen molar-refractivity contribution in [2.75, 3.05) is 24.6 Å². The molecule has 0 amide bonds. The quantitative estimate of drug-likeness (QED) is 0.847. The first kappa shape index (κ1) is 11.9. The minimum absolute atomic E-state index is 0.236. The van der Waals surface area contributed by atoms with Crippen LogP contribution >= 0.6 is 0 Å². The monoisotopic (exact) mass is 236 g/mol. The number of pyridine rings is 1. The third-order valence-corrected chi connectivity index (χ3v) is 2.93. The molecule has 1 fully saturated rings. The molecule has 0 unspecified atom stereocenters. The zero-order valence-corrected chi connectivity index (χ0v) is 10.0. The van der Waals surface area contributed by atoms with Gasteiger partial charge in [-0.2, -0.15) is 0 Å². The summed E-state index contributed by atoms with van der Waals surface area (Å²) in [6.07, 6.45) is 3.58. The maximum atomic E-state index is 10.4. The molecule has 1 aromatic rings. The van der Waals surface area contributed by atoms with Crippen molar-refractivity contribution in [1.29, 1.82) is 0 Å². The van der Waals surface area contributed by atoms with Crippen molar-refractivity contribution in [3.63, 3.8) is 0 Å². The summed E-state index contributed by atoms with van der Waals surface area (Å²) in [5.41, 5.74) is 1.90. The molecule has 5 heteroatoms. The van der Waals surface area contributed by atoms with Crippen molar-refractivity contribution in [2.24, 2.45) is 0 Å². The molecular weight excluding hydrogens is 220 g/mol. The van der Waals surface area contributed by atoms with Gasteiger partial charge in [-0.15, -0.1) is 0 Å². The van der Waals surface area contributed by atoms with Gasteiger partial charge in [0.2, 0.25) is 0 Å². The number of carboxylic acids is 1. The van der Waals surface area contributed by atoms with Crippen LogP contribution in [0.25, 0.3) is 0 Å². The molecule has 0 spiro atoms. The zero-order valence-electron chi connectivity index (χ0n) is 10.0. The SMILES string of the molecule is Cc1cnccc1N1CC(C)(OCC(=O)O)C1. The lowest BCUT2D eigenvalue weighted by atomic mass is 9.95. The van der Waals surface area contributed by atoms with E-state index in [1.807, 2.05) is 26.1 Å². The average molecular weight is 236 g/mol. The van der Waals surface area contributed by atoms with Gasteiger partial charge in [0.25, 0.3) is 0 Å². The molecule has 0 aromatic carbocycles. The van der Waals surface area contributed by atoms with Crippen molar-refractivity contribution >= 4 is 11.7 Å². The summed E-state index contributed by atoms with van der Waals surface area (Å²) in [5.74, 6) is -0.926. The summed E-state index contributed by atoms with van der Waals surface area (Å²) < 4.78 is 5.36. The summed E-state index contributed by atoms with van der Waals surface area (Å²) in [6, 6.07) is 1.96. The second-order valence-electron chi connectivity index (χ2n) is 4.65. The second kappa shape index (κ2) is 4.33. The normalized spacial score (nSPS) is 17.6. The molecule has 0 atom stereocenters. The van der Waals surface area contributed by atoms with Gasteiger partial charge >= 0.3 is 5.97 Å². The van der Waals surface area contributed by atoms with Crippen LogP contribution in [0.4, 0.5) is 5.69 Å². The van der Waals surface area contributed by atoms with E-state index in [2.05, 4.69) is 9.88 Å². The largest absolute Gasteiger partial charge is 0.480 e. The van der Waals surface area contributed by atoms with Crippen molar-refractivity contribution in [2.45, 2.75) is 19.4 Å². The van der Waals surface area contributed by atoms with E-state index in [4.69, 9.17) is 9.84 Å². The van der Waals surface area contributed by atoms with Gasteiger partial charge in [-0.3, -0.25) is 4.98 Å². The highest BCUT2D eigenvalue weighted by Gasteiger charge is 2.40. The van der Waals surface area contributed by atoms with Crippen LogP contribution in [0, 0.1) is 6.92 Å². The average Bonchev–Trinajstić information content (AvgIpc) is 2.23. The van der Waals surface area contributed by atoms with Crippen molar-refractivity contribution in [3.05, 3.63) is 24.0 Å². The van der Waals surface area contributed by atoms with E-state index in [9.17, 15) is 4.79 Å². The van der Waals surface area contributed by atoms with Crippen LogP contribution < -0.4 is 4.90 Å². The molecule has 0 radical (unpaired) electrons. The van der Waals surface area contributed by atoms with Gasteiger partial charge in [-0.25, -0.2) is 4.79 Å². The van der Waals surface area contributed by atoms with E-state index in [0.717, 1.165) is 11.3 Å². The summed E-state index contributed by atoms with van der Waals surface area (Å²) in [4.78, 5) is 16.7. The highest BCUT2D eigenvalue weighted by Crippen LogP contribution is 2.31. The number of carboxylic acid groups (broad SMARTS) is 1. The molecule has 5 nitrogen and oxygen atoms in total. The molecular formula is C12H16N2O3. The maximum Gasteiger partial charge on any atom is 0.329 e. The number of hydrogen-bond acceptors (Lipinski definition) is 4. The smallest absolute Gasteiger partial charge is 0.329 e. The van der Waals surface area contributed by atoms with Crippen molar-refractivity contribution in [1.82, 2.24) is 4.98 Å². The Bertz CT molecular complexity index is 428. The molecule has 1 saturated heterocycles. The number of rotatable bonds is 4. The Morgan fingerprint density at radius 2 is 2.35 bits per heavy atom. The first-order valence-corrected chi connectivity index (χ1v) is 5.51. The lowest BCUT2D eigenvalue weighted by Gasteiger charge is -2.49. The van der Waals surface area contributed by atoms with E-state index in [-0.39, 0.29) is 12.2 Å². The molecule has 1 aliphatic rings. The number of ether oxygens (including phenoxy) is 1. The Morgan fingerprint density at radius 3 is 2.94 bits per heavy atom. The molecule has 0 aliphatic carbocycles. The summed E-state index contributed by atoms with van der Waals surface area (Å²) in [7, 11) is 0. The van der Waals surface area contributed by atoms with E-state index in [1.54, 1.807) is 6.20 Å². The third kappa shape index (κ3) is 2.55. The summed E-state index contributed by atoms with van der Waals surface area (Å²) >= 11 is 0. The topological polar surface area (TPSA) is 62.7 Å². The van der Waals surface area contributed by atoms with Gasteiger partial charge < -0.3 is 14.7 Å². The lowest BCUT2D eigenvalue weighted by Crippen LogP contribution is -2.62. The van der Waals surface area contributed by atoms with Crippen LogP contribution in [0.2, 0.25) is 0 Å². The number of carbonyl (C=O) groups is 1. The lowest BCUT2D eigenvalue weighted by molar-refractivity contribution is -0.150. The fraction of sp³-hybridized carbons (Fsp3) is 0.500. The summed E-state index contributed by atoms with van der Waals surface area (Å²) in [6.45, 7) is 5.13. The molecule has 2 rings (SSSR count). The van der Waals surface area contributed by atoms with Crippen LogP contribution in [0.5, 0.6) is 0 Å². The molecule has 17 heavy (non-hydrogen) atoms. The molecule has 1 aliphatic heterocycles. The van der Waals surface area contributed by atoms with Crippen LogP contribution in [0.3, 0.4) is 0 Å².